The topological polar surface area (TPSA) is 94.3 Å². The van der Waals surface area contributed by atoms with Crippen LogP contribution in [0, 0.1) is 11.8 Å². The minimum Gasteiger partial charge on any atom is -0.493 e. The number of hydrogen-bond acceptors (Lipinski definition) is 5. The van der Waals surface area contributed by atoms with Gasteiger partial charge in [-0.15, -0.1) is 0 Å². The summed E-state index contributed by atoms with van der Waals surface area (Å²) in [6.45, 7) is 8.98. The van der Waals surface area contributed by atoms with E-state index in [0.717, 1.165) is 47.5 Å². The van der Waals surface area contributed by atoms with E-state index in [4.69, 9.17) is 10.5 Å². The molecule has 1 aliphatic heterocycles. The van der Waals surface area contributed by atoms with Gasteiger partial charge in [0.05, 0.1) is 32.8 Å². The van der Waals surface area contributed by atoms with Crippen LogP contribution in [0.25, 0.3) is 0 Å². The van der Waals surface area contributed by atoms with Crippen molar-refractivity contribution in [1.29, 1.82) is 0 Å². The Hall–Kier alpha value is -2.77. The lowest BCUT2D eigenvalue weighted by molar-refractivity contribution is -0.906. The number of carbonyl (C=O) groups is 2. The number of nitrogens with two attached hydrogens (primary N) is 1. The molecule has 3 N–H and O–H groups in total. The van der Waals surface area contributed by atoms with Gasteiger partial charge in [0, 0.05) is 42.4 Å². The Morgan fingerprint density at radius 3 is 2.55 bits per heavy atom. The number of aromatic nitrogens is 1. The molecule has 0 saturated carbocycles. The molecular formula is C26H37N4O3+. The van der Waals surface area contributed by atoms with Crippen molar-refractivity contribution in [2.75, 3.05) is 40.3 Å². The summed E-state index contributed by atoms with van der Waals surface area (Å²) in [7, 11) is 4.51. The first-order valence-corrected chi connectivity index (χ1v) is 11.7. The van der Waals surface area contributed by atoms with E-state index >= 15 is 0 Å². The van der Waals surface area contributed by atoms with Gasteiger partial charge in [-0.3, -0.25) is 14.6 Å². The Morgan fingerprint density at radius 1 is 1.15 bits per heavy atom. The summed E-state index contributed by atoms with van der Waals surface area (Å²) in [5.74, 6) is 1.18. The first-order valence-electron chi connectivity index (χ1n) is 11.7. The molecule has 33 heavy (non-hydrogen) atoms. The van der Waals surface area contributed by atoms with Crippen LogP contribution in [-0.2, 0) is 13.0 Å². The minimum absolute atomic E-state index is 0.108. The fourth-order valence-electron chi connectivity index (χ4n) is 4.41. The predicted octanol–water partition coefficient (Wildman–Crippen LogP) is 2.83. The van der Waals surface area contributed by atoms with Crippen molar-refractivity contribution in [1.82, 2.24) is 10.3 Å². The fourth-order valence-corrected chi connectivity index (χ4v) is 4.41. The lowest BCUT2D eigenvalue weighted by atomic mass is 10.00. The third-order valence-corrected chi connectivity index (χ3v) is 5.84. The maximum absolute atomic E-state index is 12.9. The number of nitrogens with zero attached hydrogens (tertiary/aromatic N) is 2. The molecule has 1 amide bonds. The van der Waals surface area contributed by atoms with Crippen molar-refractivity contribution < 1.29 is 18.8 Å². The minimum atomic E-state index is -0.596. The van der Waals surface area contributed by atoms with Crippen LogP contribution in [0.3, 0.4) is 0 Å². The largest absolute Gasteiger partial charge is 0.493 e. The van der Waals surface area contributed by atoms with E-state index in [9.17, 15) is 9.59 Å². The van der Waals surface area contributed by atoms with Gasteiger partial charge < -0.3 is 20.3 Å². The van der Waals surface area contributed by atoms with Crippen LogP contribution in [0.5, 0.6) is 5.75 Å². The molecule has 2 aromatic rings. The lowest BCUT2D eigenvalue weighted by Crippen LogP contribution is -2.43. The van der Waals surface area contributed by atoms with Crippen molar-refractivity contribution in [3.63, 3.8) is 0 Å². The van der Waals surface area contributed by atoms with Crippen molar-refractivity contribution in [3.8, 4) is 5.75 Å². The Kier molecular flexibility index (Phi) is 8.21. The quantitative estimate of drug-likeness (QED) is 0.403. The Balaban J connectivity index is 1.80. The van der Waals surface area contributed by atoms with Gasteiger partial charge in [-0.2, -0.15) is 0 Å². The average molecular weight is 454 g/mol. The number of pyridine rings is 1. The molecule has 2 heterocycles. The highest BCUT2D eigenvalue weighted by molar-refractivity contribution is 6.00. The maximum Gasteiger partial charge on any atom is 0.250 e. The Labute approximate surface area is 196 Å². The molecule has 1 fully saturated rings. The van der Waals surface area contributed by atoms with Crippen LogP contribution < -0.4 is 15.8 Å². The molecule has 0 radical (unpaired) electrons. The number of rotatable bonds is 11. The zero-order chi connectivity index (χ0) is 24.0. The molecule has 7 nitrogen and oxygen atoms in total. The zero-order valence-corrected chi connectivity index (χ0v) is 20.3. The highest BCUT2D eigenvalue weighted by Crippen LogP contribution is 2.23. The van der Waals surface area contributed by atoms with E-state index in [2.05, 4.69) is 50.4 Å². The molecule has 1 atom stereocenters. The van der Waals surface area contributed by atoms with Crippen molar-refractivity contribution in [3.05, 3.63) is 58.9 Å². The van der Waals surface area contributed by atoms with Crippen molar-refractivity contribution >= 4 is 11.7 Å². The van der Waals surface area contributed by atoms with Gasteiger partial charge in [0.1, 0.15) is 12.3 Å². The number of Topliss-reactive ketones (excluding diaryl/α,β-unsaturated/α-hetero) is 1. The number of quaternary nitrogens is 1. The molecule has 1 aromatic carbocycles. The SMILES string of the molecule is CC(C)COc1cc(CC(=O)c2cncc(C(N)=O)c2)cc(C[N+](C)(C)CC2CCNC2)c1. The number of carbonyl (C=O) groups excluding carboxylic acids is 2. The van der Waals surface area contributed by atoms with Crippen LogP contribution in [0.15, 0.2) is 36.7 Å². The second kappa shape index (κ2) is 10.9. The molecule has 1 unspecified atom stereocenters. The standard InChI is InChI=1S/C26H36N4O3/c1-18(2)17-33-24-8-20(10-25(31)22-11-23(26(27)32)14-29-13-22)7-21(9-24)16-30(3,4)15-19-5-6-28-12-19/h7-9,11,13-14,18-19,28H,5-6,10,12,15-17H2,1-4H3,(H-,27,32)/p+1. The highest BCUT2D eigenvalue weighted by Gasteiger charge is 2.25. The molecule has 0 spiro atoms. The zero-order valence-electron chi connectivity index (χ0n) is 20.3. The summed E-state index contributed by atoms with van der Waals surface area (Å²) >= 11 is 0. The van der Waals surface area contributed by atoms with E-state index < -0.39 is 5.91 Å². The molecule has 7 heteroatoms. The third kappa shape index (κ3) is 7.65. The first kappa shape index (κ1) is 24.9. The summed E-state index contributed by atoms with van der Waals surface area (Å²) in [6, 6.07) is 7.64. The smallest absolute Gasteiger partial charge is 0.250 e. The second-order valence-corrected chi connectivity index (χ2v) is 10.3. The first-order chi connectivity index (χ1) is 15.6. The van der Waals surface area contributed by atoms with E-state index in [1.165, 1.54) is 24.9 Å². The Morgan fingerprint density at radius 2 is 1.88 bits per heavy atom. The number of nitrogens with one attached hydrogen (secondary N) is 1. The van der Waals surface area contributed by atoms with Crippen LogP contribution in [0.2, 0.25) is 0 Å². The maximum atomic E-state index is 12.9. The monoisotopic (exact) mass is 453 g/mol. The van der Waals surface area contributed by atoms with Gasteiger partial charge in [0.2, 0.25) is 5.91 Å². The number of ketones is 1. The molecule has 1 aliphatic rings. The second-order valence-electron chi connectivity index (χ2n) is 10.3. The van der Waals surface area contributed by atoms with Crippen molar-refractivity contribution in [2.24, 2.45) is 17.6 Å². The van der Waals surface area contributed by atoms with E-state index in [-0.39, 0.29) is 17.8 Å². The Bertz CT molecular complexity index is 981. The molecule has 1 saturated heterocycles. The van der Waals surface area contributed by atoms with Gasteiger partial charge in [0.25, 0.3) is 0 Å². The molecule has 178 valence electrons. The van der Waals surface area contributed by atoms with E-state index in [1.54, 1.807) is 0 Å². The lowest BCUT2D eigenvalue weighted by Gasteiger charge is -2.32. The van der Waals surface area contributed by atoms with Gasteiger partial charge >= 0.3 is 0 Å². The third-order valence-electron chi connectivity index (χ3n) is 5.84. The molecule has 3 rings (SSSR count). The van der Waals surface area contributed by atoms with Gasteiger partial charge in [-0.05, 0) is 48.7 Å². The number of amides is 1. The van der Waals surface area contributed by atoms with Gasteiger partial charge in [0.15, 0.2) is 5.78 Å². The normalized spacial score (nSPS) is 16.2. The van der Waals surface area contributed by atoms with Crippen LogP contribution in [0.1, 0.15) is 52.1 Å². The summed E-state index contributed by atoms with van der Waals surface area (Å²) in [6.07, 6.45) is 4.27. The highest BCUT2D eigenvalue weighted by atomic mass is 16.5. The summed E-state index contributed by atoms with van der Waals surface area (Å²) < 4.78 is 6.91. The molecular weight excluding hydrogens is 416 g/mol. The van der Waals surface area contributed by atoms with Gasteiger partial charge in [-0.25, -0.2) is 0 Å². The molecule has 0 bridgehead atoms. The predicted molar refractivity (Wildman–Crippen MR) is 129 cm³/mol. The number of hydrogen-bond donors (Lipinski definition) is 2. The summed E-state index contributed by atoms with van der Waals surface area (Å²) in [4.78, 5) is 28.4. The fraction of sp³-hybridized carbons (Fsp3) is 0.500. The average Bonchev–Trinajstić information content (AvgIpc) is 3.24. The van der Waals surface area contributed by atoms with E-state index in [0.29, 0.717) is 24.0 Å². The number of ether oxygens (including phenoxy) is 1. The molecule has 1 aromatic heterocycles. The summed E-state index contributed by atoms with van der Waals surface area (Å²) in [5.41, 5.74) is 7.99. The number of benzene rings is 1. The van der Waals surface area contributed by atoms with Crippen molar-refractivity contribution in [2.45, 2.75) is 33.2 Å². The van der Waals surface area contributed by atoms with E-state index in [1.807, 2.05) is 6.07 Å². The van der Waals surface area contributed by atoms with Crippen LogP contribution in [-0.4, -0.2) is 61.5 Å². The summed E-state index contributed by atoms with van der Waals surface area (Å²) in [5, 5.41) is 3.45. The van der Waals surface area contributed by atoms with Gasteiger partial charge in [-0.1, -0.05) is 13.8 Å². The number of primary amides is 1. The van der Waals surface area contributed by atoms with Crippen LogP contribution in [0.4, 0.5) is 0 Å². The van der Waals surface area contributed by atoms with Crippen LogP contribution >= 0.6 is 0 Å². The molecule has 0 aliphatic carbocycles.